The molecule has 4 rings (SSSR count). The van der Waals surface area contributed by atoms with Gasteiger partial charge in [-0.25, -0.2) is 0 Å². The first-order valence-electron chi connectivity index (χ1n) is 8.53. The second-order valence-electron chi connectivity index (χ2n) is 6.10. The van der Waals surface area contributed by atoms with Crippen LogP contribution in [0.5, 0.6) is 11.5 Å². The summed E-state index contributed by atoms with van der Waals surface area (Å²) >= 11 is 0. The highest BCUT2D eigenvalue weighted by atomic mass is 16.6. The average Bonchev–Trinajstić information content (AvgIpc) is 3.07. The lowest BCUT2D eigenvalue weighted by atomic mass is 10.1. The normalized spacial score (nSPS) is 13.0. The molecule has 0 spiro atoms. The van der Waals surface area contributed by atoms with Gasteiger partial charge in [0.15, 0.2) is 17.2 Å². The van der Waals surface area contributed by atoms with Crippen LogP contribution in [0.15, 0.2) is 57.5 Å². The number of H-pyrrole nitrogens is 2. The van der Waals surface area contributed by atoms with E-state index in [9.17, 15) is 9.59 Å². The number of carboxylic acids is 1. The van der Waals surface area contributed by atoms with E-state index in [1.54, 1.807) is 42.5 Å². The monoisotopic (exact) mass is 380 g/mol. The zero-order valence-corrected chi connectivity index (χ0v) is 14.6. The molecule has 1 aliphatic heterocycles. The summed E-state index contributed by atoms with van der Waals surface area (Å²) in [5, 5.41) is 22.3. The summed E-state index contributed by atoms with van der Waals surface area (Å²) in [6, 6.07) is 12.0. The Bertz CT molecular complexity index is 1100. The third-order valence-corrected chi connectivity index (χ3v) is 4.14. The number of ether oxygens (including phenoxy) is 2. The number of aromatic nitrogens is 2. The standard InChI is InChI=1S/C19H16N4O5/c24-16(25)9-11-1-4-13(5-2-11)20-22-18-17(21-23-19(18)26)12-3-6-14-15(10-12)28-8-7-27-14/h1-6,10H,7-9H2,(H,24,25)(H2,21,23,26). The summed E-state index contributed by atoms with van der Waals surface area (Å²) in [5.74, 6) is 0.345. The lowest BCUT2D eigenvalue weighted by molar-refractivity contribution is -0.136. The van der Waals surface area contributed by atoms with Crippen LogP contribution in [-0.4, -0.2) is 34.5 Å². The van der Waals surface area contributed by atoms with Gasteiger partial charge in [-0.15, -0.1) is 5.11 Å². The predicted octanol–water partition coefficient (Wildman–Crippen LogP) is 3.18. The van der Waals surface area contributed by atoms with Crippen LogP contribution in [-0.2, 0) is 11.2 Å². The fourth-order valence-corrected chi connectivity index (χ4v) is 2.82. The molecular formula is C19H16N4O5. The van der Waals surface area contributed by atoms with Crippen molar-refractivity contribution >= 4 is 17.3 Å². The first-order chi connectivity index (χ1) is 13.6. The Labute approximate surface area is 158 Å². The van der Waals surface area contributed by atoms with E-state index in [0.717, 1.165) is 0 Å². The van der Waals surface area contributed by atoms with Crippen molar-refractivity contribution in [2.45, 2.75) is 6.42 Å². The number of benzene rings is 2. The molecule has 142 valence electrons. The van der Waals surface area contributed by atoms with Gasteiger partial charge in [0.05, 0.1) is 17.8 Å². The number of hydrogen-bond acceptors (Lipinski definition) is 6. The fraction of sp³-hybridized carbons (Fsp3) is 0.158. The topological polar surface area (TPSA) is 129 Å². The van der Waals surface area contributed by atoms with Crippen LogP contribution in [0.1, 0.15) is 5.56 Å². The van der Waals surface area contributed by atoms with Crippen LogP contribution in [0.2, 0.25) is 0 Å². The third kappa shape index (κ3) is 3.63. The average molecular weight is 380 g/mol. The van der Waals surface area contributed by atoms with E-state index in [1.165, 1.54) is 0 Å². The number of carboxylic acid groups (broad SMARTS) is 1. The van der Waals surface area contributed by atoms with Crippen LogP contribution in [0.25, 0.3) is 11.3 Å². The number of rotatable bonds is 5. The van der Waals surface area contributed by atoms with Crippen LogP contribution >= 0.6 is 0 Å². The minimum Gasteiger partial charge on any atom is -0.486 e. The smallest absolute Gasteiger partial charge is 0.307 e. The van der Waals surface area contributed by atoms with Gasteiger partial charge in [0.1, 0.15) is 13.2 Å². The molecule has 9 nitrogen and oxygen atoms in total. The summed E-state index contributed by atoms with van der Waals surface area (Å²) in [7, 11) is 0. The number of nitrogens with zero attached hydrogens (tertiary/aromatic N) is 2. The Morgan fingerprint density at radius 3 is 2.50 bits per heavy atom. The lowest BCUT2D eigenvalue weighted by Gasteiger charge is -2.18. The molecule has 2 heterocycles. The van der Waals surface area contributed by atoms with Gasteiger partial charge in [-0.2, -0.15) is 5.11 Å². The zero-order chi connectivity index (χ0) is 19.5. The van der Waals surface area contributed by atoms with Crippen molar-refractivity contribution in [2.24, 2.45) is 10.2 Å². The van der Waals surface area contributed by atoms with Crippen molar-refractivity contribution in [3.05, 3.63) is 58.4 Å². The molecule has 3 aromatic rings. The largest absolute Gasteiger partial charge is 0.486 e. The number of fused-ring (bicyclic) bond motifs is 1. The molecule has 0 unspecified atom stereocenters. The molecule has 9 heteroatoms. The summed E-state index contributed by atoms with van der Waals surface area (Å²) in [4.78, 5) is 22.9. The molecule has 0 bridgehead atoms. The third-order valence-electron chi connectivity index (χ3n) is 4.14. The fourth-order valence-electron chi connectivity index (χ4n) is 2.82. The minimum atomic E-state index is -0.905. The number of hydrogen-bond donors (Lipinski definition) is 3. The predicted molar refractivity (Wildman–Crippen MR) is 99.8 cm³/mol. The molecule has 0 saturated heterocycles. The van der Waals surface area contributed by atoms with Gasteiger partial charge in [0.2, 0.25) is 0 Å². The first kappa shape index (κ1) is 17.5. The number of aliphatic carboxylic acids is 1. The Morgan fingerprint density at radius 2 is 1.75 bits per heavy atom. The maximum absolute atomic E-state index is 12.1. The minimum absolute atomic E-state index is 0.0663. The van der Waals surface area contributed by atoms with E-state index in [-0.39, 0.29) is 12.1 Å². The maximum atomic E-state index is 12.1. The molecule has 28 heavy (non-hydrogen) atoms. The van der Waals surface area contributed by atoms with Crippen molar-refractivity contribution in [1.29, 1.82) is 0 Å². The molecule has 0 fully saturated rings. The SMILES string of the molecule is O=C(O)Cc1ccc(N=Nc2c(-c3ccc4c(c3)OCCO4)[nH][nH]c2=O)cc1. The molecule has 3 N–H and O–H groups in total. The molecule has 0 aliphatic carbocycles. The molecule has 1 aliphatic rings. The van der Waals surface area contributed by atoms with E-state index in [4.69, 9.17) is 14.6 Å². The highest BCUT2D eigenvalue weighted by Crippen LogP contribution is 2.36. The molecular weight excluding hydrogens is 364 g/mol. The van der Waals surface area contributed by atoms with Crippen LogP contribution in [0.4, 0.5) is 11.4 Å². The summed E-state index contributed by atoms with van der Waals surface area (Å²) in [6.45, 7) is 0.961. The highest BCUT2D eigenvalue weighted by molar-refractivity contribution is 5.73. The van der Waals surface area contributed by atoms with Gasteiger partial charge in [-0.3, -0.25) is 19.8 Å². The van der Waals surface area contributed by atoms with E-state index in [2.05, 4.69) is 20.4 Å². The molecule has 2 aromatic carbocycles. The van der Waals surface area contributed by atoms with E-state index >= 15 is 0 Å². The van der Waals surface area contributed by atoms with Crippen LogP contribution in [0.3, 0.4) is 0 Å². The Balaban J connectivity index is 1.61. The van der Waals surface area contributed by atoms with Crippen molar-refractivity contribution < 1.29 is 19.4 Å². The molecule has 0 radical (unpaired) electrons. The molecule has 0 atom stereocenters. The maximum Gasteiger partial charge on any atom is 0.307 e. The van der Waals surface area contributed by atoms with Gasteiger partial charge >= 0.3 is 5.97 Å². The van der Waals surface area contributed by atoms with Gasteiger partial charge in [0, 0.05) is 5.56 Å². The van der Waals surface area contributed by atoms with Gasteiger partial charge in [-0.05, 0) is 35.9 Å². The lowest BCUT2D eigenvalue weighted by Crippen LogP contribution is -2.15. The van der Waals surface area contributed by atoms with Gasteiger partial charge in [0.25, 0.3) is 5.56 Å². The molecule has 0 amide bonds. The number of aromatic amines is 2. The second-order valence-corrected chi connectivity index (χ2v) is 6.10. The van der Waals surface area contributed by atoms with Crippen molar-refractivity contribution in [1.82, 2.24) is 10.2 Å². The molecule has 1 aromatic heterocycles. The van der Waals surface area contributed by atoms with E-state index in [0.29, 0.717) is 47.2 Å². The van der Waals surface area contributed by atoms with Crippen LogP contribution < -0.4 is 15.0 Å². The molecule has 0 saturated carbocycles. The van der Waals surface area contributed by atoms with E-state index < -0.39 is 11.5 Å². The first-order valence-corrected chi connectivity index (χ1v) is 8.53. The van der Waals surface area contributed by atoms with Crippen LogP contribution in [0, 0.1) is 0 Å². The Kier molecular flexibility index (Phi) is 4.63. The number of azo groups is 1. The number of nitrogens with one attached hydrogen (secondary N) is 2. The highest BCUT2D eigenvalue weighted by Gasteiger charge is 2.16. The summed E-state index contributed by atoms with van der Waals surface area (Å²) in [5.41, 5.74) is 2.06. The Hall–Kier alpha value is -3.88. The van der Waals surface area contributed by atoms with E-state index in [1.807, 2.05) is 0 Å². The van der Waals surface area contributed by atoms with Crippen molar-refractivity contribution in [3.8, 4) is 22.8 Å². The van der Waals surface area contributed by atoms with Crippen molar-refractivity contribution in [3.63, 3.8) is 0 Å². The summed E-state index contributed by atoms with van der Waals surface area (Å²) < 4.78 is 11.1. The van der Waals surface area contributed by atoms with Gasteiger partial charge < -0.3 is 14.6 Å². The van der Waals surface area contributed by atoms with Gasteiger partial charge in [-0.1, -0.05) is 12.1 Å². The van der Waals surface area contributed by atoms with Crippen molar-refractivity contribution in [2.75, 3.05) is 13.2 Å². The Morgan fingerprint density at radius 1 is 1.00 bits per heavy atom. The quantitative estimate of drug-likeness (QED) is 0.586. The second kappa shape index (κ2) is 7.39. The summed E-state index contributed by atoms with van der Waals surface area (Å²) in [6.07, 6.45) is -0.0663. The zero-order valence-electron chi connectivity index (χ0n) is 14.6. The number of carbonyl (C=O) groups is 1.